The van der Waals surface area contributed by atoms with E-state index < -0.39 is 0 Å². The van der Waals surface area contributed by atoms with Crippen LogP contribution in [0.2, 0.25) is 0 Å². The lowest BCUT2D eigenvalue weighted by Crippen LogP contribution is -1.81. The monoisotopic (exact) mass is 261 g/mol. The van der Waals surface area contributed by atoms with Crippen molar-refractivity contribution in [3.63, 3.8) is 0 Å². The van der Waals surface area contributed by atoms with Crippen molar-refractivity contribution in [1.29, 1.82) is 0 Å². The highest BCUT2D eigenvalue weighted by Crippen LogP contribution is 2.26. The van der Waals surface area contributed by atoms with E-state index in [4.69, 9.17) is 0 Å². The summed E-state index contributed by atoms with van der Waals surface area (Å²) in [5.74, 6) is 0. The Hall–Kier alpha value is -2.26. The van der Waals surface area contributed by atoms with E-state index in [0.717, 1.165) is 16.6 Å². The van der Waals surface area contributed by atoms with Crippen LogP contribution in [0, 0.1) is 6.07 Å². The van der Waals surface area contributed by atoms with Gasteiger partial charge in [-0.2, -0.15) is 0 Å². The maximum absolute atomic E-state index is 4.09. The summed E-state index contributed by atoms with van der Waals surface area (Å²) in [5, 5.41) is 10.8. The molecule has 0 bridgehead atoms. The molecule has 3 heteroatoms. The van der Waals surface area contributed by atoms with Crippen molar-refractivity contribution in [2.24, 2.45) is 0 Å². The number of benzene rings is 3. The van der Waals surface area contributed by atoms with E-state index in [2.05, 4.69) is 58.1 Å². The molecule has 0 unspecified atom stereocenters. The van der Waals surface area contributed by atoms with Crippen molar-refractivity contribution in [2.45, 2.75) is 0 Å². The first kappa shape index (κ1) is 10.6. The van der Waals surface area contributed by atoms with E-state index in [0.29, 0.717) is 0 Å². The minimum atomic E-state index is 0.889. The molecule has 1 heterocycles. The summed E-state index contributed by atoms with van der Waals surface area (Å²) in [5.41, 5.74) is 1.89. The van der Waals surface area contributed by atoms with E-state index in [1.54, 1.807) is 0 Å². The molecule has 0 aliphatic rings. The largest absolute Gasteiger partial charge is 0.138 e. The number of fused-ring (bicyclic) bond motifs is 2. The van der Waals surface area contributed by atoms with Gasteiger partial charge in [-0.3, -0.25) is 0 Å². The molecule has 0 atom stereocenters. The zero-order valence-corrected chi connectivity index (χ0v) is 10.8. The SMILES string of the molecule is [c]1c(-c2csnn2)ccc2cc3ccccc3cc12. The maximum Gasteiger partial charge on any atom is 0.106 e. The van der Waals surface area contributed by atoms with Crippen LogP contribution in [0.1, 0.15) is 0 Å². The predicted octanol–water partition coefficient (Wildman–Crippen LogP) is 4.31. The molecule has 0 saturated carbocycles. The molecule has 0 fully saturated rings. The third-order valence-electron chi connectivity index (χ3n) is 3.25. The van der Waals surface area contributed by atoms with E-state index >= 15 is 0 Å². The van der Waals surface area contributed by atoms with Gasteiger partial charge in [-0.25, -0.2) is 0 Å². The Morgan fingerprint density at radius 2 is 1.74 bits per heavy atom. The summed E-state index contributed by atoms with van der Waals surface area (Å²) in [6.07, 6.45) is 0. The molecule has 89 valence electrons. The van der Waals surface area contributed by atoms with Crippen LogP contribution < -0.4 is 0 Å². The van der Waals surface area contributed by atoms with Crippen molar-refractivity contribution in [3.05, 3.63) is 60.0 Å². The van der Waals surface area contributed by atoms with Gasteiger partial charge in [0.25, 0.3) is 0 Å². The molecule has 0 amide bonds. The fourth-order valence-corrected chi connectivity index (χ4v) is 2.75. The van der Waals surface area contributed by atoms with Gasteiger partial charge in [-0.1, -0.05) is 40.9 Å². The first-order chi connectivity index (χ1) is 9.40. The van der Waals surface area contributed by atoms with Gasteiger partial charge in [0, 0.05) is 17.0 Å². The Bertz CT molecular complexity index is 866. The third kappa shape index (κ3) is 1.79. The summed E-state index contributed by atoms with van der Waals surface area (Å²) < 4.78 is 3.90. The topological polar surface area (TPSA) is 25.8 Å². The lowest BCUT2D eigenvalue weighted by atomic mass is 10.0. The molecule has 3 aromatic carbocycles. The van der Waals surface area contributed by atoms with Crippen LogP contribution in [0.3, 0.4) is 0 Å². The molecule has 0 aliphatic heterocycles. The summed E-state index contributed by atoms with van der Waals surface area (Å²) in [4.78, 5) is 0. The van der Waals surface area contributed by atoms with Gasteiger partial charge in [0.2, 0.25) is 0 Å². The molecule has 0 aliphatic carbocycles. The second kappa shape index (κ2) is 4.14. The third-order valence-corrected chi connectivity index (χ3v) is 3.76. The highest BCUT2D eigenvalue weighted by molar-refractivity contribution is 7.03. The second-order valence-electron chi connectivity index (χ2n) is 4.45. The maximum atomic E-state index is 4.09. The Morgan fingerprint density at radius 3 is 2.53 bits per heavy atom. The number of rotatable bonds is 1. The smallest absolute Gasteiger partial charge is 0.106 e. The Morgan fingerprint density at radius 1 is 0.895 bits per heavy atom. The van der Waals surface area contributed by atoms with Crippen LogP contribution in [-0.2, 0) is 0 Å². The Kier molecular flexibility index (Phi) is 2.32. The van der Waals surface area contributed by atoms with E-state index in [9.17, 15) is 0 Å². The molecule has 0 N–H and O–H groups in total. The number of hydrogen-bond acceptors (Lipinski definition) is 3. The lowest BCUT2D eigenvalue weighted by Gasteiger charge is -2.03. The minimum absolute atomic E-state index is 0.889. The molecule has 19 heavy (non-hydrogen) atoms. The van der Waals surface area contributed by atoms with Crippen LogP contribution in [0.4, 0.5) is 0 Å². The lowest BCUT2D eigenvalue weighted by molar-refractivity contribution is 1.16. The predicted molar refractivity (Wildman–Crippen MR) is 79.2 cm³/mol. The normalized spacial score (nSPS) is 11.2. The van der Waals surface area contributed by atoms with Crippen LogP contribution >= 0.6 is 11.5 Å². The summed E-state index contributed by atoms with van der Waals surface area (Å²) in [6.45, 7) is 0. The fourth-order valence-electron chi connectivity index (χ4n) is 2.30. The van der Waals surface area contributed by atoms with Crippen LogP contribution in [0.15, 0.2) is 53.9 Å². The number of nitrogens with zero attached hydrogens (tertiary/aromatic N) is 2. The number of hydrogen-bond donors (Lipinski definition) is 0. The van der Waals surface area contributed by atoms with Crippen LogP contribution in [0.25, 0.3) is 32.8 Å². The summed E-state index contributed by atoms with van der Waals surface area (Å²) >= 11 is 1.36. The zero-order valence-electron chi connectivity index (χ0n) is 10.00. The zero-order chi connectivity index (χ0) is 12.7. The van der Waals surface area contributed by atoms with E-state index in [-0.39, 0.29) is 0 Å². The molecular weight excluding hydrogens is 252 g/mol. The van der Waals surface area contributed by atoms with Gasteiger partial charge in [-0.05, 0) is 45.2 Å². The van der Waals surface area contributed by atoms with Gasteiger partial charge >= 0.3 is 0 Å². The molecule has 0 saturated heterocycles. The second-order valence-corrected chi connectivity index (χ2v) is 5.06. The van der Waals surface area contributed by atoms with Crippen molar-refractivity contribution in [1.82, 2.24) is 9.59 Å². The molecule has 2 nitrogen and oxygen atoms in total. The molecule has 4 aromatic rings. The Labute approximate surface area is 114 Å². The minimum Gasteiger partial charge on any atom is -0.138 e. The highest BCUT2D eigenvalue weighted by Gasteiger charge is 2.04. The molecular formula is C16H9N2S. The average molecular weight is 261 g/mol. The quantitative estimate of drug-likeness (QED) is 0.477. The Balaban J connectivity index is 2.00. The van der Waals surface area contributed by atoms with Gasteiger partial charge in [0.1, 0.15) is 5.69 Å². The van der Waals surface area contributed by atoms with Crippen molar-refractivity contribution < 1.29 is 0 Å². The standard InChI is InChI=1S/C16H9N2S/c1-2-4-12-8-15-9-14(16-10-19-18-17-16)6-5-13(15)7-11(12)3-1/h1-8,10H. The molecule has 1 radical (unpaired) electrons. The molecule has 1 aromatic heterocycles. The van der Waals surface area contributed by atoms with Gasteiger partial charge in [0.05, 0.1) is 0 Å². The van der Waals surface area contributed by atoms with Gasteiger partial charge in [0.15, 0.2) is 0 Å². The summed E-state index contributed by atoms with van der Waals surface area (Å²) in [6, 6.07) is 20.3. The highest BCUT2D eigenvalue weighted by atomic mass is 32.1. The molecule has 0 spiro atoms. The first-order valence-electron chi connectivity index (χ1n) is 6.02. The van der Waals surface area contributed by atoms with Crippen molar-refractivity contribution in [3.8, 4) is 11.3 Å². The fraction of sp³-hybridized carbons (Fsp3) is 0. The number of aromatic nitrogens is 2. The first-order valence-corrected chi connectivity index (χ1v) is 6.86. The van der Waals surface area contributed by atoms with Crippen LogP contribution in [0.5, 0.6) is 0 Å². The van der Waals surface area contributed by atoms with Gasteiger partial charge < -0.3 is 0 Å². The van der Waals surface area contributed by atoms with E-state index in [1.807, 2.05) is 11.4 Å². The molecule has 4 rings (SSSR count). The van der Waals surface area contributed by atoms with Gasteiger partial charge in [-0.15, -0.1) is 5.10 Å². The summed E-state index contributed by atoms with van der Waals surface area (Å²) in [7, 11) is 0. The van der Waals surface area contributed by atoms with E-state index in [1.165, 1.54) is 27.7 Å². The van der Waals surface area contributed by atoms with Crippen LogP contribution in [-0.4, -0.2) is 9.59 Å². The average Bonchev–Trinajstić information content (AvgIpc) is 2.98. The van der Waals surface area contributed by atoms with Crippen molar-refractivity contribution in [2.75, 3.05) is 0 Å². The van der Waals surface area contributed by atoms with Crippen molar-refractivity contribution >= 4 is 33.1 Å².